The van der Waals surface area contributed by atoms with Gasteiger partial charge in [-0.3, -0.25) is 4.79 Å². The van der Waals surface area contributed by atoms with Crippen molar-refractivity contribution in [3.05, 3.63) is 54.0 Å². The molecular formula is C16H19NO4. The molecule has 2 rings (SSSR count). The number of methoxy groups -OCH3 is 1. The van der Waals surface area contributed by atoms with Crippen molar-refractivity contribution in [2.75, 3.05) is 20.3 Å². The molecule has 0 radical (unpaired) electrons. The molecule has 0 bridgehead atoms. The van der Waals surface area contributed by atoms with E-state index in [1.165, 1.54) is 0 Å². The zero-order chi connectivity index (χ0) is 15.1. The second-order valence-electron chi connectivity index (χ2n) is 4.38. The summed E-state index contributed by atoms with van der Waals surface area (Å²) in [6.45, 7) is 2.72. The van der Waals surface area contributed by atoms with E-state index in [1.54, 1.807) is 37.6 Å². The largest absolute Gasteiger partial charge is 0.493 e. The van der Waals surface area contributed by atoms with Crippen LogP contribution in [0.5, 0.6) is 5.75 Å². The minimum atomic E-state index is -0.316. The van der Waals surface area contributed by atoms with Crippen LogP contribution in [0.2, 0.25) is 0 Å². The van der Waals surface area contributed by atoms with Crippen LogP contribution >= 0.6 is 0 Å². The summed E-state index contributed by atoms with van der Waals surface area (Å²) in [5.41, 5.74) is 0.508. The second-order valence-corrected chi connectivity index (χ2v) is 4.38. The maximum atomic E-state index is 12.3. The van der Waals surface area contributed by atoms with Crippen molar-refractivity contribution in [2.45, 2.75) is 13.0 Å². The summed E-state index contributed by atoms with van der Waals surface area (Å²) >= 11 is 0. The van der Waals surface area contributed by atoms with Gasteiger partial charge < -0.3 is 19.2 Å². The van der Waals surface area contributed by atoms with E-state index >= 15 is 0 Å². The first-order valence-corrected chi connectivity index (χ1v) is 6.82. The van der Waals surface area contributed by atoms with E-state index in [2.05, 4.69) is 5.32 Å². The molecule has 2 aromatic rings. The molecule has 5 nitrogen and oxygen atoms in total. The lowest BCUT2D eigenvalue weighted by Gasteiger charge is -2.15. The fourth-order valence-electron chi connectivity index (χ4n) is 1.99. The second kappa shape index (κ2) is 7.50. The first-order valence-electron chi connectivity index (χ1n) is 6.82. The first-order chi connectivity index (χ1) is 10.3. The third-order valence-electron chi connectivity index (χ3n) is 3.02. The molecule has 1 atom stereocenters. The van der Waals surface area contributed by atoms with Gasteiger partial charge in [-0.15, -0.1) is 0 Å². The monoisotopic (exact) mass is 289 g/mol. The third kappa shape index (κ3) is 3.86. The van der Waals surface area contributed by atoms with E-state index in [0.29, 0.717) is 30.2 Å². The van der Waals surface area contributed by atoms with Crippen LogP contribution in [0.4, 0.5) is 0 Å². The molecule has 1 unspecified atom stereocenters. The van der Waals surface area contributed by atoms with Crippen LogP contribution in [-0.2, 0) is 4.74 Å². The summed E-state index contributed by atoms with van der Waals surface area (Å²) in [7, 11) is 1.58. The lowest BCUT2D eigenvalue weighted by Crippen LogP contribution is -2.29. The molecule has 5 heteroatoms. The van der Waals surface area contributed by atoms with Gasteiger partial charge in [0.15, 0.2) is 0 Å². The number of para-hydroxylation sites is 1. The number of hydrogen-bond donors (Lipinski definition) is 1. The highest BCUT2D eigenvalue weighted by atomic mass is 16.5. The molecule has 1 heterocycles. The van der Waals surface area contributed by atoms with E-state index in [-0.39, 0.29) is 12.0 Å². The van der Waals surface area contributed by atoms with Gasteiger partial charge in [0.2, 0.25) is 0 Å². The van der Waals surface area contributed by atoms with Crippen molar-refractivity contribution in [1.82, 2.24) is 5.32 Å². The van der Waals surface area contributed by atoms with Gasteiger partial charge in [0.25, 0.3) is 5.91 Å². The van der Waals surface area contributed by atoms with E-state index in [4.69, 9.17) is 13.9 Å². The van der Waals surface area contributed by atoms with Gasteiger partial charge in [-0.1, -0.05) is 12.1 Å². The van der Waals surface area contributed by atoms with Gasteiger partial charge in [-0.25, -0.2) is 0 Å². The Bertz CT molecular complexity index is 565. The molecule has 1 N–H and O–H groups in total. The van der Waals surface area contributed by atoms with Crippen LogP contribution in [0.3, 0.4) is 0 Å². The van der Waals surface area contributed by atoms with E-state index in [9.17, 15) is 4.79 Å². The van der Waals surface area contributed by atoms with Crippen LogP contribution < -0.4 is 10.1 Å². The van der Waals surface area contributed by atoms with Gasteiger partial charge in [0, 0.05) is 7.11 Å². The molecule has 112 valence electrons. The Morgan fingerprint density at radius 3 is 2.76 bits per heavy atom. The quantitative estimate of drug-likeness (QED) is 0.851. The predicted molar refractivity (Wildman–Crippen MR) is 78.4 cm³/mol. The predicted octanol–water partition coefficient (Wildman–Crippen LogP) is 2.80. The van der Waals surface area contributed by atoms with Crippen molar-refractivity contribution < 1.29 is 18.7 Å². The van der Waals surface area contributed by atoms with Crippen molar-refractivity contribution in [3.8, 4) is 5.75 Å². The van der Waals surface area contributed by atoms with Gasteiger partial charge in [0.05, 0.1) is 25.0 Å². The van der Waals surface area contributed by atoms with Gasteiger partial charge >= 0.3 is 0 Å². The van der Waals surface area contributed by atoms with E-state index in [1.807, 2.05) is 19.1 Å². The zero-order valence-electron chi connectivity index (χ0n) is 12.2. The number of carbonyl (C=O) groups is 1. The first kappa shape index (κ1) is 15.1. The van der Waals surface area contributed by atoms with Crippen LogP contribution in [-0.4, -0.2) is 26.2 Å². The molecule has 1 aromatic carbocycles. The molecule has 0 aliphatic rings. The molecule has 0 spiro atoms. The lowest BCUT2D eigenvalue weighted by atomic mass is 10.2. The molecule has 0 aliphatic heterocycles. The fourth-order valence-corrected chi connectivity index (χ4v) is 1.99. The van der Waals surface area contributed by atoms with Crippen molar-refractivity contribution in [2.24, 2.45) is 0 Å². The summed E-state index contributed by atoms with van der Waals surface area (Å²) < 4.78 is 16.1. The van der Waals surface area contributed by atoms with Crippen LogP contribution in [0.15, 0.2) is 47.1 Å². The zero-order valence-corrected chi connectivity index (χ0v) is 12.2. The van der Waals surface area contributed by atoms with Crippen molar-refractivity contribution >= 4 is 5.91 Å². The number of benzene rings is 1. The van der Waals surface area contributed by atoms with Crippen LogP contribution in [0, 0.1) is 0 Å². The highest BCUT2D eigenvalue weighted by molar-refractivity contribution is 5.96. The maximum absolute atomic E-state index is 12.3. The Morgan fingerprint density at radius 1 is 1.29 bits per heavy atom. The Balaban J connectivity index is 2.01. The average molecular weight is 289 g/mol. The van der Waals surface area contributed by atoms with Crippen LogP contribution in [0.1, 0.15) is 29.1 Å². The number of carbonyl (C=O) groups excluding carboxylic acids is 1. The molecule has 1 aromatic heterocycles. The minimum Gasteiger partial charge on any atom is -0.493 e. The Kier molecular flexibility index (Phi) is 5.40. The lowest BCUT2D eigenvalue weighted by molar-refractivity contribution is 0.0736. The third-order valence-corrected chi connectivity index (χ3v) is 3.02. The molecule has 0 saturated heterocycles. The highest BCUT2D eigenvalue weighted by Gasteiger charge is 2.17. The van der Waals surface area contributed by atoms with Gasteiger partial charge in [-0.2, -0.15) is 0 Å². The molecule has 0 aliphatic carbocycles. The smallest absolute Gasteiger partial charge is 0.255 e. The minimum absolute atomic E-state index is 0.201. The molecule has 1 amide bonds. The molecule has 0 fully saturated rings. The number of rotatable bonds is 7. The van der Waals surface area contributed by atoms with Crippen LogP contribution in [0.25, 0.3) is 0 Å². The van der Waals surface area contributed by atoms with Gasteiger partial charge in [-0.05, 0) is 31.2 Å². The topological polar surface area (TPSA) is 60.7 Å². The summed E-state index contributed by atoms with van der Waals surface area (Å²) in [4.78, 5) is 12.3. The number of nitrogens with one attached hydrogen (secondary N) is 1. The SMILES string of the molecule is CCOc1ccccc1C(=O)NCC(OC)c1ccco1. The Morgan fingerprint density at radius 2 is 2.10 bits per heavy atom. The number of hydrogen-bond acceptors (Lipinski definition) is 4. The summed E-state index contributed by atoms with van der Waals surface area (Å²) in [5.74, 6) is 1.05. The summed E-state index contributed by atoms with van der Waals surface area (Å²) in [6, 6.07) is 10.7. The number of ether oxygens (including phenoxy) is 2. The number of furan rings is 1. The highest BCUT2D eigenvalue weighted by Crippen LogP contribution is 2.19. The maximum Gasteiger partial charge on any atom is 0.255 e. The average Bonchev–Trinajstić information content (AvgIpc) is 3.03. The van der Waals surface area contributed by atoms with E-state index in [0.717, 1.165) is 0 Å². The Labute approximate surface area is 123 Å². The van der Waals surface area contributed by atoms with E-state index < -0.39 is 0 Å². The summed E-state index contributed by atoms with van der Waals surface area (Å²) in [6.07, 6.45) is 1.26. The normalized spacial score (nSPS) is 11.9. The molecule has 0 saturated carbocycles. The molecular weight excluding hydrogens is 270 g/mol. The summed E-state index contributed by atoms with van der Waals surface area (Å²) in [5, 5.41) is 2.83. The van der Waals surface area contributed by atoms with Gasteiger partial charge in [0.1, 0.15) is 17.6 Å². The fraction of sp³-hybridized carbons (Fsp3) is 0.312. The number of amides is 1. The van der Waals surface area contributed by atoms with Crippen molar-refractivity contribution in [3.63, 3.8) is 0 Å². The van der Waals surface area contributed by atoms with Crippen molar-refractivity contribution in [1.29, 1.82) is 0 Å². The standard InChI is InChI=1S/C16H19NO4/c1-3-20-13-8-5-4-7-12(13)16(18)17-11-15(19-2)14-9-6-10-21-14/h4-10,15H,3,11H2,1-2H3,(H,17,18). The molecule has 21 heavy (non-hydrogen) atoms. The Hall–Kier alpha value is -2.27.